The van der Waals surface area contributed by atoms with Gasteiger partial charge in [-0.3, -0.25) is 9.59 Å². The molecule has 1 heterocycles. The van der Waals surface area contributed by atoms with Crippen molar-refractivity contribution >= 4 is 18.0 Å². The van der Waals surface area contributed by atoms with Gasteiger partial charge in [-0.25, -0.2) is 4.79 Å². The van der Waals surface area contributed by atoms with E-state index in [1.165, 1.54) is 0 Å². The molecule has 9 nitrogen and oxygen atoms in total. The van der Waals surface area contributed by atoms with Crippen LogP contribution < -0.4 is 10.6 Å². The van der Waals surface area contributed by atoms with Crippen molar-refractivity contribution in [3.8, 4) is 11.1 Å². The maximum Gasteiger partial charge on any atom is 0.407 e. The summed E-state index contributed by atoms with van der Waals surface area (Å²) in [6.07, 6.45) is -0.378. The molecule has 0 spiro atoms. The Bertz CT molecular complexity index is 1040. The highest BCUT2D eigenvalue weighted by molar-refractivity contribution is 5.86. The van der Waals surface area contributed by atoms with Crippen LogP contribution in [0.25, 0.3) is 11.1 Å². The molecule has 2 aliphatic rings. The van der Waals surface area contributed by atoms with E-state index in [2.05, 4.69) is 10.6 Å². The average molecular weight is 483 g/mol. The van der Waals surface area contributed by atoms with E-state index in [-0.39, 0.29) is 38.5 Å². The van der Waals surface area contributed by atoms with E-state index in [4.69, 9.17) is 14.6 Å². The first-order valence-electron chi connectivity index (χ1n) is 11.8. The molecule has 2 aromatic carbocycles. The van der Waals surface area contributed by atoms with E-state index in [0.29, 0.717) is 19.4 Å². The zero-order valence-electron chi connectivity index (χ0n) is 19.4. The van der Waals surface area contributed by atoms with Crippen LogP contribution in [-0.2, 0) is 19.1 Å². The zero-order chi connectivity index (χ0) is 24.8. The summed E-state index contributed by atoms with van der Waals surface area (Å²) in [4.78, 5) is 36.3. The molecule has 1 aliphatic heterocycles. The van der Waals surface area contributed by atoms with Crippen molar-refractivity contribution in [2.75, 3.05) is 26.4 Å². The molecule has 2 atom stereocenters. The highest BCUT2D eigenvalue weighted by Crippen LogP contribution is 2.44. The fraction of sp³-hybridized carbons (Fsp3) is 0.423. The number of carboxylic acid groups (broad SMARTS) is 1. The Kier molecular flexibility index (Phi) is 7.67. The van der Waals surface area contributed by atoms with Gasteiger partial charge in [0.25, 0.3) is 0 Å². The number of hydrogen-bond acceptors (Lipinski definition) is 6. The Morgan fingerprint density at radius 2 is 1.74 bits per heavy atom. The zero-order valence-corrected chi connectivity index (χ0v) is 19.4. The van der Waals surface area contributed by atoms with Crippen molar-refractivity contribution in [1.29, 1.82) is 0 Å². The monoisotopic (exact) mass is 482 g/mol. The van der Waals surface area contributed by atoms with Crippen LogP contribution >= 0.6 is 0 Å². The van der Waals surface area contributed by atoms with E-state index >= 15 is 0 Å². The van der Waals surface area contributed by atoms with Crippen LogP contribution in [0.3, 0.4) is 0 Å². The molecule has 2 aromatic rings. The van der Waals surface area contributed by atoms with Gasteiger partial charge in [-0.2, -0.15) is 0 Å². The number of carbonyl (C=O) groups is 3. The van der Waals surface area contributed by atoms with Crippen LogP contribution in [0.4, 0.5) is 4.79 Å². The molecule has 1 fully saturated rings. The number of amides is 2. The number of nitrogens with one attached hydrogen (secondary N) is 2. The van der Waals surface area contributed by atoms with E-state index < -0.39 is 29.6 Å². The smallest absolute Gasteiger partial charge is 0.407 e. The van der Waals surface area contributed by atoms with E-state index in [1.807, 2.05) is 48.5 Å². The number of hydrogen-bond donors (Lipinski definition) is 4. The lowest BCUT2D eigenvalue weighted by Gasteiger charge is -2.22. The van der Waals surface area contributed by atoms with Gasteiger partial charge in [0, 0.05) is 31.9 Å². The second-order valence-corrected chi connectivity index (χ2v) is 9.02. The van der Waals surface area contributed by atoms with Gasteiger partial charge in [-0.15, -0.1) is 0 Å². The van der Waals surface area contributed by atoms with Gasteiger partial charge in [-0.05, 0) is 35.1 Å². The van der Waals surface area contributed by atoms with Crippen molar-refractivity contribution in [1.82, 2.24) is 10.6 Å². The molecule has 0 aromatic heterocycles. The fourth-order valence-electron chi connectivity index (χ4n) is 4.65. The summed E-state index contributed by atoms with van der Waals surface area (Å²) in [5, 5.41) is 24.6. The standard InChI is InChI=1S/C26H30N2O7/c29-23(30)10-9-22(24(31)27-13-11-26(33)12-14-34-16-26)28-25(32)35-15-21-19-7-3-1-5-17(19)18-6-2-4-8-20(18)21/h1-8,21-22,33H,9-16H2,(H,27,31)(H,28,32)(H,29,30). The van der Waals surface area contributed by atoms with Gasteiger partial charge in [0.1, 0.15) is 12.6 Å². The van der Waals surface area contributed by atoms with E-state index in [0.717, 1.165) is 22.3 Å². The topological polar surface area (TPSA) is 134 Å². The first-order chi connectivity index (χ1) is 16.9. The highest BCUT2D eigenvalue weighted by atomic mass is 16.5. The van der Waals surface area contributed by atoms with Crippen LogP contribution in [0.15, 0.2) is 48.5 Å². The number of aliphatic hydroxyl groups is 1. The normalized spacial score (nSPS) is 19.5. The van der Waals surface area contributed by atoms with Crippen molar-refractivity contribution in [2.24, 2.45) is 0 Å². The predicted octanol–water partition coefficient (Wildman–Crippen LogP) is 2.42. The quantitative estimate of drug-likeness (QED) is 0.409. The molecule has 0 bridgehead atoms. The van der Waals surface area contributed by atoms with E-state index in [9.17, 15) is 19.5 Å². The van der Waals surface area contributed by atoms with Gasteiger partial charge < -0.3 is 30.3 Å². The molecule has 9 heteroatoms. The molecule has 4 N–H and O–H groups in total. The van der Waals surface area contributed by atoms with Crippen molar-refractivity contribution in [3.63, 3.8) is 0 Å². The van der Waals surface area contributed by atoms with E-state index in [1.54, 1.807) is 0 Å². The molecule has 0 radical (unpaired) electrons. The first-order valence-corrected chi connectivity index (χ1v) is 11.8. The second-order valence-electron chi connectivity index (χ2n) is 9.02. The number of benzene rings is 2. The fourth-order valence-corrected chi connectivity index (χ4v) is 4.65. The van der Waals surface area contributed by atoms with Gasteiger partial charge in [0.15, 0.2) is 0 Å². The third kappa shape index (κ3) is 5.98. The van der Waals surface area contributed by atoms with Crippen LogP contribution in [-0.4, -0.2) is 66.2 Å². The van der Waals surface area contributed by atoms with Crippen LogP contribution in [0.1, 0.15) is 42.7 Å². The van der Waals surface area contributed by atoms with Gasteiger partial charge >= 0.3 is 12.1 Å². The summed E-state index contributed by atoms with van der Waals surface area (Å²) in [6, 6.07) is 14.8. The van der Waals surface area contributed by atoms with Gasteiger partial charge in [-0.1, -0.05) is 48.5 Å². The third-order valence-corrected chi connectivity index (χ3v) is 6.57. The number of aliphatic carboxylic acids is 1. The minimum atomic E-state index is -1.07. The number of carbonyl (C=O) groups excluding carboxylic acids is 2. The van der Waals surface area contributed by atoms with Crippen LogP contribution in [0, 0.1) is 0 Å². The highest BCUT2D eigenvalue weighted by Gasteiger charge is 2.33. The molecule has 0 saturated carbocycles. The summed E-state index contributed by atoms with van der Waals surface area (Å²) in [6.45, 7) is 0.938. The van der Waals surface area contributed by atoms with Crippen molar-refractivity contribution in [2.45, 2.75) is 43.2 Å². The predicted molar refractivity (Wildman–Crippen MR) is 127 cm³/mol. The number of ether oxygens (including phenoxy) is 2. The molecule has 2 unspecified atom stereocenters. The molecule has 186 valence electrons. The minimum Gasteiger partial charge on any atom is -0.481 e. The lowest BCUT2D eigenvalue weighted by molar-refractivity contribution is -0.137. The van der Waals surface area contributed by atoms with Crippen LogP contribution in [0.5, 0.6) is 0 Å². The number of alkyl carbamates (subject to hydrolysis) is 1. The number of carboxylic acids is 1. The molecular weight excluding hydrogens is 452 g/mol. The second kappa shape index (κ2) is 10.9. The molecule has 4 rings (SSSR count). The van der Waals surface area contributed by atoms with Crippen molar-refractivity contribution < 1.29 is 34.1 Å². The summed E-state index contributed by atoms with van der Waals surface area (Å²) in [5.74, 6) is -1.73. The summed E-state index contributed by atoms with van der Waals surface area (Å²) < 4.78 is 10.7. The minimum absolute atomic E-state index is 0.0835. The van der Waals surface area contributed by atoms with Gasteiger partial charge in [0.05, 0.1) is 12.2 Å². The third-order valence-electron chi connectivity index (χ3n) is 6.57. The SMILES string of the molecule is O=C(O)CCC(NC(=O)OCC1c2ccccc2-c2ccccc21)C(=O)NCCC1(O)CCOC1. The maximum absolute atomic E-state index is 12.7. The first kappa shape index (κ1) is 24.7. The van der Waals surface area contributed by atoms with Gasteiger partial charge in [0.2, 0.25) is 5.91 Å². The summed E-state index contributed by atoms with van der Waals surface area (Å²) in [5.41, 5.74) is 3.35. The molecule has 1 saturated heterocycles. The Labute approximate surface area is 203 Å². The molecule has 35 heavy (non-hydrogen) atoms. The Hall–Kier alpha value is -3.43. The lowest BCUT2D eigenvalue weighted by atomic mass is 9.98. The van der Waals surface area contributed by atoms with Crippen LogP contribution in [0.2, 0.25) is 0 Å². The summed E-state index contributed by atoms with van der Waals surface area (Å²) in [7, 11) is 0. The van der Waals surface area contributed by atoms with Crippen molar-refractivity contribution in [3.05, 3.63) is 59.7 Å². The number of fused-ring (bicyclic) bond motifs is 3. The number of rotatable bonds is 10. The Morgan fingerprint density at radius 1 is 1.09 bits per heavy atom. The Morgan fingerprint density at radius 3 is 2.34 bits per heavy atom. The molecular formula is C26H30N2O7. The largest absolute Gasteiger partial charge is 0.481 e. The molecule has 2 amide bonds. The lowest BCUT2D eigenvalue weighted by Crippen LogP contribution is -2.48. The Balaban J connectivity index is 1.34. The molecule has 1 aliphatic carbocycles. The maximum atomic E-state index is 12.7. The summed E-state index contributed by atoms with van der Waals surface area (Å²) >= 11 is 0. The average Bonchev–Trinajstić information content (AvgIpc) is 3.41.